The van der Waals surface area contributed by atoms with Gasteiger partial charge < -0.3 is 50.1 Å². The minimum Gasteiger partial charge on any atom is -0.463 e. The summed E-state index contributed by atoms with van der Waals surface area (Å²) < 4.78 is 29.6. The number of aliphatic hydroxyl groups excluding tert-OH is 3. The number of cyclic esters (lactones) is 1. The molecule has 1 spiro atoms. The van der Waals surface area contributed by atoms with E-state index in [0.29, 0.717) is 45.6 Å². The largest absolute Gasteiger partial charge is 0.463 e. The molecule has 2 unspecified atom stereocenters. The van der Waals surface area contributed by atoms with Gasteiger partial charge in [0.2, 0.25) is 5.91 Å². The Morgan fingerprint density at radius 1 is 1.12 bits per heavy atom. The van der Waals surface area contributed by atoms with E-state index >= 15 is 0 Å². The molecule has 1 amide bonds. The molecular weight excluding hydrogens is 660 g/mol. The van der Waals surface area contributed by atoms with Gasteiger partial charge in [0.25, 0.3) is 0 Å². The third kappa shape index (κ3) is 9.87. The Hall–Kier alpha value is -2.65. The van der Waals surface area contributed by atoms with Gasteiger partial charge in [-0.2, -0.15) is 0 Å². The third-order valence-corrected chi connectivity index (χ3v) is 11.9. The lowest BCUT2D eigenvalue weighted by Gasteiger charge is -2.55. The first-order chi connectivity index (χ1) is 24.1. The van der Waals surface area contributed by atoms with E-state index in [4.69, 9.17) is 29.4 Å². The SMILES string of the molecule is CC1=CC(C)[C@@]2(CC1)COC(=O)[C@@H](OCC(=O)NCC1(CN)COC1)[C@H](C)CCO[C@@H]([C@@H](C)O)/C=C/C=C\C(=O)O[C@@H]1C[C@@H](O)C(O)CC[C@]12C. The Morgan fingerprint density at radius 3 is 2.51 bits per heavy atom. The summed E-state index contributed by atoms with van der Waals surface area (Å²) in [6.07, 6.45) is 4.91. The van der Waals surface area contributed by atoms with Crippen molar-refractivity contribution >= 4 is 17.8 Å². The van der Waals surface area contributed by atoms with E-state index in [2.05, 4.69) is 25.2 Å². The minimum atomic E-state index is -1.12. The van der Waals surface area contributed by atoms with Crippen LogP contribution < -0.4 is 11.1 Å². The molecular formula is C38H60N2O11. The van der Waals surface area contributed by atoms with E-state index in [9.17, 15) is 29.7 Å². The molecule has 0 bridgehead atoms. The summed E-state index contributed by atoms with van der Waals surface area (Å²) in [5.74, 6) is -2.22. The normalized spacial score (nSPS) is 38.6. The van der Waals surface area contributed by atoms with E-state index < -0.39 is 71.2 Å². The molecule has 2 aliphatic heterocycles. The molecule has 0 aromatic heterocycles. The lowest BCUT2D eigenvalue weighted by molar-refractivity contribution is -0.187. The molecule has 6 N–H and O–H groups in total. The summed E-state index contributed by atoms with van der Waals surface area (Å²) in [5, 5.41) is 34.9. The lowest BCUT2D eigenvalue weighted by Crippen LogP contribution is -2.56. The number of nitrogens with one attached hydrogen (secondary N) is 1. The van der Waals surface area contributed by atoms with Crippen molar-refractivity contribution in [3.63, 3.8) is 0 Å². The van der Waals surface area contributed by atoms with Crippen LogP contribution in [0.25, 0.3) is 0 Å². The molecule has 0 radical (unpaired) electrons. The Labute approximate surface area is 301 Å². The number of carbonyl (C=O) groups excluding carboxylic acids is 3. The van der Waals surface area contributed by atoms with Crippen molar-refractivity contribution in [2.45, 2.75) is 110 Å². The van der Waals surface area contributed by atoms with Gasteiger partial charge in [-0.05, 0) is 57.8 Å². The first-order valence-corrected chi connectivity index (χ1v) is 18.4. The number of rotatable bonds is 7. The van der Waals surface area contributed by atoms with Gasteiger partial charge in [0.1, 0.15) is 18.8 Å². The first-order valence-electron chi connectivity index (χ1n) is 18.4. The first kappa shape index (κ1) is 41.1. The standard InChI is InChI=1S/C38H60N2O11/c1-24-10-14-38(26(3)16-24)23-50-35(46)34(49-18-32(44)40-20-37(19-39)21-47-22-37)25(2)12-15-48-30(27(4)41)8-6-7-9-33(45)51-31-17-29(43)28(42)11-13-36(31,38)5/h6-9,16,25-31,34,41-43H,10-15,17-23,39H2,1-5H3,(H,40,44)/b8-6+,9-7-/t25-,26?,27-,28?,29-,30-,31-,34+,36-,38-/m1/s1. The summed E-state index contributed by atoms with van der Waals surface area (Å²) >= 11 is 0. The molecule has 13 heteroatoms. The molecule has 4 aliphatic rings. The third-order valence-electron chi connectivity index (χ3n) is 11.9. The lowest BCUT2D eigenvalue weighted by atomic mass is 9.51. The van der Waals surface area contributed by atoms with E-state index in [1.165, 1.54) is 17.7 Å². The fourth-order valence-electron chi connectivity index (χ4n) is 7.99. The Morgan fingerprint density at radius 2 is 1.86 bits per heavy atom. The van der Waals surface area contributed by atoms with Crippen LogP contribution in [0, 0.1) is 28.1 Å². The average Bonchev–Trinajstić information content (AvgIpc) is 3.16. The number of nitrogens with two attached hydrogens (primary N) is 1. The molecule has 288 valence electrons. The molecule has 0 aromatic rings. The van der Waals surface area contributed by atoms with Gasteiger partial charge >= 0.3 is 11.9 Å². The van der Waals surface area contributed by atoms with Crippen LogP contribution >= 0.6 is 0 Å². The Bertz CT molecular complexity index is 1290. The number of esters is 2. The maximum atomic E-state index is 14.1. The fourth-order valence-corrected chi connectivity index (χ4v) is 7.99. The van der Waals surface area contributed by atoms with Gasteiger partial charge in [-0.25, -0.2) is 9.59 Å². The molecule has 51 heavy (non-hydrogen) atoms. The van der Waals surface area contributed by atoms with Crippen molar-refractivity contribution in [3.05, 3.63) is 36.0 Å². The highest BCUT2D eigenvalue weighted by atomic mass is 16.6. The van der Waals surface area contributed by atoms with E-state index in [1.807, 2.05) is 13.8 Å². The monoisotopic (exact) mass is 720 g/mol. The number of ether oxygens (including phenoxy) is 5. The zero-order valence-corrected chi connectivity index (χ0v) is 30.9. The second kappa shape index (κ2) is 17.9. The van der Waals surface area contributed by atoms with E-state index in [-0.39, 0.29) is 44.0 Å². The van der Waals surface area contributed by atoms with Crippen LogP contribution in [-0.2, 0) is 38.1 Å². The molecule has 0 aromatic carbocycles. The van der Waals surface area contributed by atoms with Crippen LogP contribution in [0.3, 0.4) is 0 Å². The number of hydrogen-bond donors (Lipinski definition) is 5. The van der Waals surface area contributed by atoms with Crippen molar-refractivity contribution in [2.75, 3.05) is 46.1 Å². The Kier molecular flexibility index (Phi) is 14.4. The van der Waals surface area contributed by atoms with Crippen molar-refractivity contribution in [1.82, 2.24) is 5.32 Å². The summed E-state index contributed by atoms with van der Waals surface area (Å²) in [7, 11) is 0. The average molecular weight is 721 g/mol. The summed E-state index contributed by atoms with van der Waals surface area (Å²) in [6.45, 7) is 10.9. The maximum absolute atomic E-state index is 14.1. The molecule has 2 heterocycles. The van der Waals surface area contributed by atoms with Gasteiger partial charge in [0, 0.05) is 48.4 Å². The number of hydrogen-bond acceptors (Lipinski definition) is 12. The molecule has 1 saturated heterocycles. The van der Waals surface area contributed by atoms with Crippen LogP contribution in [0.5, 0.6) is 0 Å². The zero-order valence-electron chi connectivity index (χ0n) is 30.9. The highest BCUT2D eigenvalue weighted by molar-refractivity contribution is 5.82. The van der Waals surface area contributed by atoms with Crippen molar-refractivity contribution in [2.24, 2.45) is 33.8 Å². The molecule has 2 fully saturated rings. The second-order valence-electron chi connectivity index (χ2n) is 15.6. The second-order valence-corrected chi connectivity index (χ2v) is 15.6. The molecule has 10 atom stereocenters. The maximum Gasteiger partial charge on any atom is 0.335 e. The predicted molar refractivity (Wildman–Crippen MR) is 188 cm³/mol. The van der Waals surface area contributed by atoms with Crippen molar-refractivity contribution < 1.29 is 53.4 Å². The van der Waals surface area contributed by atoms with Gasteiger partial charge in [-0.3, -0.25) is 4.79 Å². The predicted octanol–water partition coefficient (Wildman–Crippen LogP) is 2.11. The van der Waals surface area contributed by atoms with Crippen molar-refractivity contribution in [3.8, 4) is 0 Å². The number of fused-ring (bicyclic) bond motifs is 2. The van der Waals surface area contributed by atoms with Gasteiger partial charge in [-0.1, -0.05) is 50.6 Å². The van der Waals surface area contributed by atoms with Crippen LogP contribution in [0.4, 0.5) is 0 Å². The van der Waals surface area contributed by atoms with E-state index in [0.717, 1.165) is 6.42 Å². The van der Waals surface area contributed by atoms with Crippen LogP contribution in [0.2, 0.25) is 0 Å². The number of aliphatic hydroxyl groups is 3. The molecule has 13 nitrogen and oxygen atoms in total. The zero-order chi connectivity index (χ0) is 37.4. The smallest absolute Gasteiger partial charge is 0.335 e. The minimum absolute atomic E-state index is 0.00554. The fraction of sp³-hybridized carbons (Fsp3) is 0.763. The Balaban J connectivity index is 1.67. The van der Waals surface area contributed by atoms with Gasteiger partial charge in [0.05, 0.1) is 38.1 Å². The van der Waals surface area contributed by atoms with Crippen LogP contribution in [0.1, 0.15) is 73.1 Å². The van der Waals surface area contributed by atoms with E-state index in [1.54, 1.807) is 19.1 Å². The summed E-state index contributed by atoms with van der Waals surface area (Å²) in [5.41, 5.74) is 5.20. The van der Waals surface area contributed by atoms with Crippen LogP contribution in [0.15, 0.2) is 36.0 Å². The highest BCUT2D eigenvalue weighted by Gasteiger charge is 2.59. The quantitative estimate of drug-likeness (QED) is 0.190. The number of allylic oxidation sites excluding steroid dienone is 4. The van der Waals surface area contributed by atoms with Crippen LogP contribution in [-0.4, -0.2) is 116 Å². The van der Waals surface area contributed by atoms with Crippen molar-refractivity contribution in [1.29, 1.82) is 0 Å². The number of amides is 1. The molecule has 4 rings (SSSR count). The molecule has 2 aliphatic carbocycles. The summed E-state index contributed by atoms with van der Waals surface area (Å²) in [6, 6.07) is 0. The van der Waals surface area contributed by atoms with Gasteiger partial charge in [-0.15, -0.1) is 0 Å². The summed E-state index contributed by atoms with van der Waals surface area (Å²) in [4.78, 5) is 40.3. The number of carbonyl (C=O) groups is 3. The molecule has 1 saturated carbocycles. The van der Waals surface area contributed by atoms with Gasteiger partial charge in [0.15, 0.2) is 6.10 Å². The highest BCUT2D eigenvalue weighted by Crippen LogP contribution is 2.59. The topological polar surface area (TPSA) is 196 Å².